The molecule has 0 N–H and O–H groups in total. The van der Waals surface area contributed by atoms with Crippen LogP contribution in [-0.4, -0.2) is 40.0 Å². The average molecular weight is 249 g/mol. The molecular weight excluding hydrogens is 230 g/mol. The van der Waals surface area contributed by atoms with Crippen LogP contribution in [0.3, 0.4) is 0 Å². The molecule has 5 nitrogen and oxygen atoms in total. The van der Waals surface area contributed by atoms with Gasteiger partial charge in [-0.2, -0.15) is 0 Å². The lowest BCUT2D eigenvalue weighted by atomic mass is 10.1. The van der Waals surface area contributed by atoms with Gasteiger partial charge in [-0.25, -0.2) is 9.97 Å². The summed E-state index contributed by atoms with van der Waals surface area (Å²) < 4.78 is 5.70. The summed E-state index contributed by atoms with van der Waals surface area (Å²) in [6.07, 6.45) is 6.77. The van der Waals surface area contributed by atoms with Gasteiger partial charge in [0.15, 0.2) is 0 Å². The van der Waals surface area contributed by atoms with E-state index in [1.165, 1.54) is 0 Å². The van der Waals surface area contributed by atoms with E-state index in [4.69, 9.17) is 4.74 Å². The third kappa shape index (κ3) is 3.42. The molecule has 0 aromatic carbocycles. The monoisotopic (exact) mass is 249 g/mol. The molecular formula is C13H19N3O2. The summed E-state index contributed by atoms with van der Waals surface area (Å²) in [5, 5.41) is 0. The van der Waals surface area contributed by atoms with Crippen molar-refractivity contribution in [3.05, 3.63) is 18.5 Å². The Morgan fingerprint density at radius 3 is 3.00 bits per heavy atom. The number of hydrogen-bond acceptors (Lipinski definition) is 4. The van der Waals surface area contributed by atoms with Crippen molar-refractivity contribution in [2.24, 2.45) is 0 Å². The minimum Gasteiger partial charge on any atom is -0.458 e. The second kappa shape index (κ2) is 6.33. The average Bonchev–Trinajstić information content (AvgIpc) is 2.40. The fourth-order valence-electron chi connectivity index (χ4n) is 2.13. The van der Waals surface area contributed by atoms with Gasteiger partial charge in [-0.1, -0.05) is 6.92 Å². The Hall–Kier alpha value is -1.65. The van der Waals surface area contributed by atoms with Crippen LogP contribution in [0.5, 0.6) is 6.01 Å². The Balaban J connectivity index is 1.89. The zero-order chi connectivity index (χ0) is 12.8. The Kier molecular flexibility index (Phi) is 4.50. The minimum atomic E-state index is 0.0157. The highest BCUT2D eigenvalue weighted by molar-refractivity contribution is 5.76. The van der Waals surface area contributed by atoms with Crippen molar-refractivity contribution >= 4 is 5.91 Å². The standard InChI is InChI=1S/C13H19N3O2/c1-2-5-12(17)16-9-3-6-11(10-16)18-13-14-7-4-8-15-13/h4,7-8,11H,2-3,5-6,9-10H2,1H3. The van der Waals surface area contributed by atoms with Crippen LogP contribution in [-0.2, 0) is 4.79 Å². The van der Waals surface area contributed by atoms with Crippen LogP contribution in [0.2, 0.25) is 0 Å². The highest BCUT2D eigenvalue weighted by atomic mass is 16.5. The Labute approximate surface area is 107 Å². The molecule has 98 valence electrons. The first-order valence-corrected chi connectivity index (χ1v) is 6.51. The summed E-state index contributed by atoms with van der Waals surface area (Å²) in [7, 11) is 0. The fourth-order valence-corrected chi connectivity index (χ4v) is 2.13. The van der Waals surface area contributed by atoms with E-state index in [-0.39, 0.29) is 12.0 Å². The van der Waals surface area contributed by atoms with Gasteiger partial charge in [-0.15, -0.1) is 0 Å². The number of hydrogen-bond donors (Lipinski definition) is 0. The molecule has 1 aromatic rings. The summed E-state index contributed by atoms with van der Waals surface area (Å²) in [6.45, 7) is 3.51. The van der Waals surface area contributed by atoms with Gasteiger partial charge < -0.3 is 9.64 Å². The molecule has 18 heavy (non-hydrogen) atoms. The maximum atomic E-state index is 11.8. The summed E-state index contributed by atoms with van der Waals surface area (Å²) in [6, 6.07) is 2.15. The van der Waals surface area contributed by atoms with Crippen LogP contribution in [0.25, 0.3) is 0 Å². The second-order valence-corrected chi connectivity index (χ2v) is 4.50. The maximum Gasteiger partial charge on any atom is 0.316 e. The predicted molar refractivity (Wildman–Crippen MR) is 67.2 cm³/mol. The highest BCUT2D eigenvalue weighted by Gasteiger charge is 2.24. The molecule has 1 aliphatic rings. The van der Waals surface area contributed by atoms with Crippen molar-refractivity contribution in [1.82, 2.24) is 14.9 Å². The number of likely N-dealkylation sites (tertiary alicyclic amines) is 1. The van der Waals surface area contributed by atoms with Crippen LogP contribution >= 0.6 is 0 Å². The molecule has 5 heteroatoms. The van der Waals surface area contributed by atoms with Crippen LogP contribution in [0.1, 0.15) is 32.6 Å². The zero-order valence-electron chi connectivity index (χ0n) is 10.7. The quantitative estimate of drug-likeness (QED) is 0.814. The van der Waals surface area contributed by atoms with Crippen LogP contribution in [0, 0.1) is 0 Å². The first-order chi connectivity index (χ1) is 8.79. The van der Waals surface area contributed by atoms with Gasteiger partial charge in [0.2, 0.25) is 5.91 Å². The summed E-state index contributed by atoms with van der Waals surface area (Å²) in [4.78, 5) is 21.8. The third-order valence-electron chi connectivity index (χ3n) is 3.01. The summed E-state index contributed by atoms with van der Waals surface area (Å²) in [5.74, 6) is 0.222. The van der Waals surface area contributed by atoms with Crippen molar-refractivity contribution in [1.29, 1.82) is 0 Å². The van der Waals surface area contributed by atoms with Gasteiger partial charge in [0.25, 0.3) is 0 Å². The van der Waals surface area contributed by atoms with Crippen molar-refractivity contribution in [2.75, 3.05) is 13.1 Å². The van der Waals surface area contributed by atoms with E-state index in [2.05, 4.69) is 9.97 Å². The number of carbonyl (C=O) groups excluding carboxylic acids is 1. The smallest absolute Gasteiger partial charge is 0.316 e. The van der Waals surface area contributed by atoms with E-state index >= 15 is 0 Å². The van der Waals surface area contributed by atoms with E-state index in [1.54, 1.807) is 18.5 Å². The van der Waals surface area contributed by atoms with Crippen molar-refractivity contribution in [3.8, 4) is 6.01 Å². The maximum absolute atomic E-state index is 11.8. The van der Waals surface area contributed by atoms with E-state index < -0.39 is 0 Å². The molecule has 1 atom stereocenters. The van der Waals surface area contributed by atoms with E-state index in [1.807, 2.05) is 11.8 Å². The number of aromatic nitrogens is 2. The minimum absolute atomic E-state index is 0.0157. The molecule has 0 bridgehead atoms. The van der Waals surface area contributed by atoms with E-state index in [0.29, 0.717) is 19.0 Å². The first-order valence-electron chi connectivity index (χ1n) is 6.51. The number of amides is 1. The molecule has 0 spiro atoms. The SMILES string of the molecule is CCCC(=O)N1CCCC(Oc2ncccn2)C1. The van der Waals surface area contributed by atoms with E-state index in [9.17, 15) is 4.79 Å². The molecule has 0 radical (unpaired) electrons. The molecule has 1 aromatic heterocycles. The topological polar surface area (TPSA) is 55.3 Å². The molecule has 2 rings (SSSR count). The number of ether oxygens (including phenoxy) is 1. The molecule has 1 fully saturated rings. The first kappa shape index (κ1) is 12.8. The molecule has 1 saturated heterocycles. The Morgan fingerprint density at radius 2 is 2.28 bits per heavy atom. The van der Waals surface area contributed by atoms with Gasteiger partial charge in [0.05, 0.1) is 6.54 Å². The van der Waals surface area contributed by atoms with Crippen LogP contribution in [0.4, 0.5) is 0 Å². The lowest BCUT2D eigenvalue weighted by molar-refractivity contribution is -0.133. The van der Waals surface area contributed by atoms with E-state index in [0.717, 1.165) is 25.8 Å². The number of nitrogens with zero attached hydrogens (tertiary/aromatic N) is 3. The van der Waals surface area contributed by atoms with Gasteiger partial charge in [-0.3, -0.25) is 4.79 Å². The number of rotatable bonds is 4. The van der Waals surface area contributed by atoms with Gasteiger partial charge >= 0.3 is 6.01 Å². The predicted octanol–water partition coefficient (Wildman–Crippen LogP) is 1.65. The molecule has 0 aliphatic carbocycles. The molecule has 2 heterocycles. The Morgan fingerprint density at radius 1 is 1.50 bits per heavy atom. The van der Waals surface area contributed by atoms with Crippen LogP contribution in [0.15, 0.2) is 18.5 Å². The molecule has 0 saturated carbocycles. The third-order valence-corrected chi connectivity index (χ3v) is 3.01. The number of piperidine rings is 1. The normalized spacial score (nSPS) is 19.6. The lowest BCUT2D eigenvalue weighted by Crippen LogP contribution is -2.44. The number of carbonyl (C=O) groups is 1. The molecule has 1 unspecified atom stereocenters. The van der Waals surface area contributed by atoms with Crippen molar-refractivity contribution in [3.63, 3.8) is 0 Å². The zero-order valence-corrected chi connectivity index (χ0v) is 10.7. The fraction of sp³-hybridized carbons (Fsp3) is 0.615. The second-order valence-electron chi connectivity index (χ2n) is 4.50. The summed E-state index contributed by atoms with van der Waals surface area (Å²) in [5.41, 5.74) is 0. The van der Waals surface area contributed by atoms with Gasteiger partial charge in [0.1, 0.15) is 6.10 Å². The van der Waals surface area contributed by atoms with Crippen molar-refractivity contribution in [2.45, 2.75) is 38.7 Å². The van der Waals surface area contributed by atoms with Gasteiger partial charge in [0, 0.05) is 25.4 Å². The van der Waals surface area contributed by atoms with Crippen LogP contribution < -0.4 is 4.74 Å². The summed E-state index contributed by atoms with van der Waals surface area (Å²) >= 11 is 0. The Bertz CT molecular complexity index is 383. The highest BCUT2D eigenvalue weighted by Crippen LogP contribution is 2.16. The van der Waals surface area contributed by atoms with Gasteiger partial charge in [-0.05, 0) is 25.3 Å². The molecule has 1 amide bonds. The molecule has 1 aliphatic heterocycles. The lowest BCUT2D eigenvalue weighted by Gasteiger charge is -2.32. The largest absolute Gasteiger partial charge is 0.458 e. The van der Waals surface area contributed by atoms with Crippen molar-refractivity contribution < 1.29 is 9.53 Å².